The molecular weight excluding hydrogens is 412 g/mol. The Morgan fingerprint density at radius 3 is 2.24 bits per heavy atom. The first-order valence-corrected chi connectivity index (χ1v) is 11.1. The van der Waals surface area contributed by atoms with E-state index in [1.54, 1.807) is 11.1 Å². The molecule has 0 unspecified atom stereocenters. The molecule has 0 N–H and O–H groups in total. The Labute approximate surface area is 191 Å². The fourth-order valence-electron chi connectivity index (χ4n) is 5.06. The molecular formula is C28H22N2O3. The third-order valence-corrected chi connectivity index (χ3v) is 6.53. The zero-order valence-corrected chi connectivity index (χ0v) is 18.1. The van der Waals surface area contributed by atoms with Crippen LogP contribution in [0.4, 0.5) is 11.4 Å². The van der Waals surface area contributed by atoms with Crippen molar-refractivity contribution in [3.63, 3.8) is 0 Å². The van der Waals surface area contributed by atoms with Gasteiger partial charge in [0.2, 0.25) is 5.91 Å². The Kier molecular flexibility index (Phi) is 4.52. The number of para-hydroxylation sites is 1. The van der Waals surface area contributed by atoms with Crippen LogP contribution < -0.4 is 9.96 Å². The number of aryl methyl sites for hydroxylation is 1. The second-order valence-electron chi connectivity index (χ2n) is 8.58. The van der Waals surface area contributed by atoms with Gasteiger partial charge >= 0.3 is 0 Å². The number of fused-ring (bicyclic) bond motifs is 2. The molecule has 2 aliphatic rings. The summed E-state index contributed by atoms with van der Waals surface area (Å²) in [5, 5.41) is 3.88. The number of rotatable bonds is 3. The molecule has 6 rings (SSSR count). The molecule has 5 nitrogen and oxygen atoms in total. The number of carbonyl (C=O) groups excluding carboxylic acids is 2. The van der Waals surface area contributed by atoms with Crippen molar-refractivity contribution in [2.75, 3.05) is 9.96 Å². The van der Waals surface area contributed by atoms with E-state index in [9.17, 15) is 9.59 Å². The maximum absolute atomic E-state index is 13.8. The molecule has 33 heavy (non-hydrogen) atoms. The van der Waals surface area contributed by atoms with Crippen LogP contribution in [0.5, 0.6) is 0 Å². The molecule has 0 aliphatic carbocycles. The fourth-order valence-corrected chi connectivity index (χ4v) is 5.06. The van der Waals surface area contributed by atoms with Crippen molar-refractivity contribution in [3.05, 3.63) is 108 Å². The van der Waals surface area contributed by atoms with Crippen molar-refractivity contribution in [1.82, 2.24) is 0 Å². The van der Waals surface area contributed by atoms with Crippen molar-refractivity contribution in [2.45, 2.75) is 19.1 Å². The SMILES string of the molecule is Cc1cccc(N2C(=O)[C@@H]3[C@@H](c4cccc5ccccc45)N(c4ccccc4)O[C@H]3C2=O)c1. The van der Waals surface area contributed by atoms with E-state index < -0.39 is 18.1 Å². The highest BCUT2D eigenvalue weighted by Crippen LogP contribution is 2.48. The van der Waals surface area contributed by atoms with E-state index >= 15 is 0 Å². The Bertz CT molecular complexity index is 1380. The number of hydrogen-bond donors (Lipinski definition) is 0. The minimum atomic E-state index is -0.873. The van der Waals surface area contributed by atoms with Crippen LogP contribution in [0.2, 0.25) is 0 Å². The average Bonchev–Trinajstić information content (AvgIpc) is 3.35. The van der Waals surface area contributed by atoms with E-state index in [-0.39, 0.29) is 11.8 Å². The van der Waals surface area contributed by atoms with Gasteiger partial charge in [-0.1, -0.05) is 72.8 Å². The highest BCUT2D eigenvalue weighted by Gasteiger charge is 2.60. The minimum absolute atomic E-state index is 0.230. The first-order chi connectivity index (χ1) is 16.1. The summed E-state index contributed by atoms with van der Waals surface area (Å²) >= 11 is 0. The highest BCUT2D eigenvalue weighted by atomic mass is 16.7. The second-order valence-corrected chi connectivity index (χ2v) is 8.58. The van der Waals surface area contributed by atoms with Crippen LogP contribution in [0, 0.1) is 12.8 Å². The number of hydrogen-bond acceptors (Lipinski definition) is 4. The molecule has 0 spiro atoms. The molecule has 2 aliphatic heterocycles. The number of nitrogens with zero attached hydrogens (tertiary/aromatic N) is 2. The van der Waals surface area contributed by atoms with Crippen molar-refractivity contribution in [3.8, 4) is 0 Å². The molecule has 4 aromatic rings. The number of amides is 2. The molecule has 0 radical (unpaired) electrons. The summed E-state index contributed by atoms with van der Waals surface area (Å²) in [7, 11) is 0. The number of anilines is 2. The Morgan fingerprint density at radius 1 is 0.727 bits per heavy atom. The summed E-state index contributed by atoms with van der Waals surface area (Å²) in [6.07, 6.45) is -0.873. The monoisotopic (exact) mass is 434 g/mol. The summed E-state index contributed by atoms with van der Waals surface area (Å²) in [5.41, 5.74) is 3.36. The van der Waals surface area contributed by atoms with E-state index in [4.69, 9.17) is 4.84 Å². The van der Waals surface area contributed by atoms with E-state index in [1.807, 2.05) is 79.7 Å². The zero-order valence-electron chi connectivity index (χ0n) is 18.1. The van der Waals surface area contributed by atoms with E-state index in [2.05, 4.69) is 18.2 Å². The van der Waals surface area contributed by atoms with Gasteiger partial charge < -0.3 is 0 Å². The maximum atomic E-state index is 13.8. The molecule has 0 aromatic heterocycles. The number of carbonyl (C=O) groups is 2. The Morgan fingerprint density at radius 2 is 1.42 bits per heavy atom. The van der Waals surface area contributed by atoms with Crippen LogP contribution in [0.3, 0.4) is 0 Å². The van der Waals surface area contributed by atoms with Gasteiger partial charge in [0.25, 0.3) is 5.91 Å². The Hall–Kier alpha value is -3.96. The van der Waals surface area contributed by atoms with Gasteiger partial charge in [0.05, 0.1) is 17.4 Å². The third-order valence-electron chi connectivity index (χ3n) is 6.53. The molecule has 2 heterocycles. The number of benzene rings is 4. The molecule has 162 valence electrons. The molecule has 2 amide bonds. The van der Waals surface area contributed by atoms with Gasteiger partial charge in [-0.3, -0.25) is 14.4 Å². The van der Waals surface area contributed by atoms with Crippen LogP contribution in [0.15, 0.2) is 97.1 Å². The van der Waals surface area contributed by atoms with Crippen LogP contribution in [-0.4, -0.2) is 17.9 Å². The van der Waals surface area contributed by atoms with Gasteiger partial charge in [-0.25, -0.2) is 9.96 Å². The van der Waals surface area contributed by atoms with Crippen molar-refractivity contribution in [1.29, 1.82) is 0 Å². The van der Waals surface area contributed by atoms with Crippen LogP contribution in [0.1, 0.15) is 17.2 Å². The van der Waals surface area contributed by atoms with Crippen molar-refractivity contribution < 1.29 is 14.4 Å². The normalized spacial score (nSPS) is 22.3. The van der Waals surface area contributed by atoms with Crippen molar-refractivity contribution >= 4 is 34.0 Å². The molecule has 5 heteroatoms. The summed E-state index contributed by atoms with van der Waals surface area (Å²) in [6, 6.07) is 30.9. The van der Waals surface area contributed by atoms with Crippen LogP contribution in [-0.2, 0) is 14.4 Å². The largest absolute Gasteiger partial charge is 0.273 e. The number of imide groups is 1. The maximum Gasteiger partial charge on any atom is 0.266 e. The topological polar surface area (TPSA) is 49.9 Å². The van der Waals surface area contributed by atoms with Gasteiger partial charge in [0.1, 0.15) is 5.92 Å². The van der Waals surface area contributed by atoms with Gasteiger partial charge in [-0.15, -0.1) is 0 Å². The lowest BCUT2D eigenvalue weighted by Gasteiger charge is -2.29. The minimum Gasteiger partial charge on any atom is -0.273 e. The van der Waals surface area contributed by atoms with Gasteiger partial charge in [0, 0.05) is 0 Å². The zero-order chi connectivity index (χ0) is 22.5. The van der Waals surface area contributed by atoms with Crippen LogP contribution >= 0.6 is 0 Å². The van der Waals surface area contributed by atoms with E-state index in [0.29, 0.717) is 5.69 Å². The third kappa shape index (κ3) is 3.04. The summed E-state index contributed by atoms with van der Waals surface area (Å²) < 4.78 is 0. The lowest BCUT2D eigenvalue weighted by atomic mass is 9.87. The molecule has 4 aromatic carbocycles. The second kappa shape index (κ2) is 7.57. The lowest BCUT2D eigenvalue weighted by molar-refractivity contribution is -0.126. The highest BCUT2D eigenvalue weighted by molar-refractivity contribution is 6.24. The summed E-state index contributed by atoms with van der Waals surface area (Å²) in [4.78, 5) is 34.9. The Balaban J connectivity index is 1.51. The van der Waals surface area contributed by atoms with E-state index in [0.717, 1.165) is 27.6 Å². The number of hydroxylamine groups is 1. The predicted octanol–water partition coefficient (Wildman–Crippen LogP) is 5.20. The first-order valence-electron chi connectivity index (χ1n) is 11.1. The molecule has 0 saturated carbocycles. The smallest absolute Gasteiger partial charge is 0.266 e. The average molecular weight is 434 g/mol. The standard InChI is InChI=1S/C28H22N2O3/c1-18-9-7-14-21(17-18)29-27(31)24-25(23-16-8-11-19-10-5-6-15-22(19)23)30(33-26(24)28(29)32)20-12-3-2-4-13-20/h2-17,24-26H,1H3/t24-,25-,26-/m1/s1. The molecule has 2 fully saturated rings. The van der Waals surface area contributed by atoms with Crippen molar-refractivity contribution in [2.24, 2.45) is 5.92 Å². The predicted molar refractivity (Wildman–Crippen MR) is 128 cm³/mol. The van der Waals surface area contributed by atoms with Gasteiger partial charge in [-0.2, -0.15) is 0 Å². The molecule has 0 bridgehead atoms. The van der Waals surface area contributed by atoms with Gasteiger partial charge in [-0.05, 0) is 53.1 Å². The molecule has 2 saturated heterocycles. The summed E-state index contributed by atoms with van der Waals surface area (Å²) in [5.74, 6) is -1.20. The quantitative estimate of drug-likeness (QED) is 0.416. The molecule has 3 atom stereocenters. The lowest BCUT2D eigenvalue weighted by Crippen LogP contribution is -2.37. The van der Waals surface area contributed by atoms with E-state index in [1.165, 1.54) is 4.90 Å². The fraction of sp³-hybridized carbons (Fsp3) is 0.143. The van der Waals surface area contributed by atoms with Gasteiger partial charge in [0.15, 0.2) is 6.10 Å². The summed E-state index contributed by atoms with van der Waals surface area (Å²) in [6.45, 7) is 1.95. The van der Waals surface area contributed by atoms with Crippen LogP contribution in [0.25, 0.3) is 10.8 Å². The first kappa shape index (κ1) is 19.7.